The summed E-state index contributed by atoms with van der Waals surface area (Å²) >= 11 is 0. The number of fused-ring (bicyclic) bond motifs is 1. The lowest BCUT2D eigenvalue weighted by Crippen LogP contribution is -2.36. The summed E-state index contributed by atoms with van der Waals surface area (Å²) in [4.78, 5) is 25.0. The number of hydrogen-bond donors (Lipinski definition) is 1. The van der Waals surface area contributed by atoms with Crippen molar-refractivity contribution in [1.82, 2.24) is 10.2 Å². The van der Waals surface area contributed by atoms with Crippen LogP contribution < -0.4 is 10.1 Å². The molecule has 6 nitrogen and oxygen atoms in total. The van der Waals surface area contributed by atoms with E-state index in [1.165, 1.54) is 4.90 Å². The maximum Gasteiger partial charge on any atom is 0.287 e. The van der Waals surface area contributed by atoms with E-state index in [1.807, 2.05) is 6.07 Å². The van der Waals surface area contributed by atoms with Crippen LogP contribution in [0.1, 0.15) is 16.1 Å². The monoisotopic (exact) mass is 290 g/mol. The van der Waals surface area contributed by atoms with E-state index in [9.17, 15) is 9.59 Å². The summed E-state index contributed by atoms with van der Waals surface area (Å²) in [6, 6.07) is 5.33. The summed E-state index contributed by atoms with van der Waals surface area (Å²) in [5.41, 5.74) is 1.33. The molecule has 0 aliphatic rings. The van der Waals surface area contributed by atoms with Gasteiger partial charge in [-0.3, -0.25) is 9.59 Å². The highest BCUT2D eigenvalue weighted by Crippen LogP contribution is 2.28. The van der Waals surface area contributed by atoms with Crippen molar-refractivity contribution in [3.63, 3.8) is 0 Å². The standard InChI is InChI=1S/C15H18N2O4/c1-9-11-7-10(20-4)5-6-12(11)21-14(9)15(19)16-8-13(18)17(2)3/h5-7H,8H2,1-4H3,(H,16,19). The van der Waals surface area contributed by atoms with Gasteiger partial charge in [0, 0.05) is 25.0 Å². The number of ether oxygens (including phenoxy) is 1. The van der Waals surface area contributed by atoms with Crippen LogP contribution in [0.4, 0.5) is 0 Å². The quantitative estimate of drug-likeness (QED) is 0.927. The second kappa shape index (κ2) is 5.87. The molecule has 0 spiro atoms. The Morgan fingerprint density at radius 2 is 2.05 bits per heavy atom. The number of aryl methyl sites for hydroxylation is 1. The predicted molar refractivity (Wildman–Crippen MR) is 78.5 cm³/mol. The highest BCUT2D eigenvalue weighted by molar-refractivity contribution is 6.00. The SMILES string of the molecule is COc1ccc2oc(C(=O)NCC(=O)N(C)C)c(C)c2c1. The van der Waals surface area contributed by atoms with E-state index in [2.05, 4.69) is 5.32 Å². The molecular formula is C15H18N2O4. The Balaban J connectivity index is 2.23. The van der Waals surface area contributed by atoms with Gasteiger partial charge < -0.3 is 19.4 Å². The minimum atomic E-state index is -0.405. The van der Waals surface area contributed by atoms with Crippen LogP contribution in [-0.2, 0) is 4.79 Å². The van der Waals surface area contributed by atoms with Crippen LogP contribution in [0.15, 0.2) is 22.6 Å². The molecule has 1 aromatic carbocycles. The Bertz CT molecular complexity index is 688. The number of methoxy groups -OCH3 is 1. The average molecular weight is 290 g/mol. The van der Waals surface area contributed by atoms with Crippen LogP contribution >= 0.6 is 0 Å². The number of carbonyl (C=O) groups excluding carboxylic acids is 2. The lowest BCUT2D eigenvalue weighted by Gasteiger charge is -2.10. The first kappa shape index (κ1) is 14.9. The normalized spacial score (nSPS) is 10.5. The Kier molecular flexibility index (Phi) is 4.16. The molecule has 0 bridgehead atoms. The number of benzene rings is 1. The van der Waals surface area contributed by atoms with Gasteiger partial charge in [-0.1, -0.05) is 0 Å². The van der Waals surface area contributed by atoms with Gasteiger partial charge >= 0.3 is 0 Å². The Morgan fingerprint density at radius 3 is 2.67 bits per heavy atom. The molecule has 0 aliphatic heterocycles. The lowest BCUT2D eigenvalue weighted by molar-refractivity contribution is -0.127. The third-order valence-corrected chi connectivity index (χ3v) is 3.25. The molecule has 21 heavy (non-hydrogen) atoms. The van der Waals surface area contributed by atoms with Gasteiger partial charge in [0.05, 0.1) is 13.7 Å². The molecule has 2 rings (SSSR count). The second-order valence-corrected chi connectivity index (χ2v) is 4.89. The van der Waals surface area contributed by atoms with E-state index >= 15 is 0 Å². The second-order valence-electron chi connectivity index (χ2n) is 4.89. The number of furan rings is 1. The number of likely N-dealkylation sites (N-methyl/N-ethyl adjacent to an activating group) is 1. The molecule has 1 heterocycles. The number of hydrogen-bond acceptors (Lipinski definition) is 4. The number of amides is 2. The maximum absolute atomic E-state index is 12.1. The third kappa shape index (κ3) is 2.99. The van der Waals surface area contributed by atoms with E-state index < -0.39 is 5.91 Å². The summed E-state index contributed by atoms with van der Waals surface area (Å²) in [7, 11) is 4.84. The van der Waals surface area contributed by atoms with Crippen molar-refractivity contribution < 1.29 is 18.7 Å². The fourth-order valence-corrected chi connectivity index (χ4v) is 1.94. The van der Waals surface area contributed by atoms with Crippen molar-refractivity contribution in [2.75, 3.05) is 27.7 Å². The van der Waals surface area contributed by atoms with Crippen LogP contribution in [0.2, 0.25) is 0 Å². The summed E-state index contributed by atoms with van der Waals surface area (Å²) in [6.45, 7) is 1.74. The summed E-state index contributed by atoms with van der Waals surface area (Å²) in [5.74, 6) is 0.322. The maximum atomic E-state index is 12.1. The largest absolute Gasteiger partial charge is 0.497 e. The van der Waals surface area contributed by atoms with E-state index in [4.69, 9.17) is 9.15 Å². The molecule has 1 N–H and O–H groups in total. The van der Waals surface area contributed by atoms with E-state index in [0.29, 0.717) is 11.3 Å². The molecule has 0 aliphatic carbocycles. The molecule has 0 saturated carbocycles. The van der Waals surface area contributed by atoms with Crippen LogP contribution in [0.5, 0.6) is 5.75 Å². The van der Waals surface area contributed by atoms with Gasteiger partial charge in [-0.05, 0) is 25.1 Å². The number of rotatable bonds is 4. The lowest BCUT2D eigenvalue weighted by atomic mass is 10.1. The smallest absolute Gasteiger partial charge is 0.287 e. The number of nitrogens with one attached hydrogen (secondary N) is 1. The minimum Gasteiger partial charge on any atom is -0.497 e. The third-order valence-electron chi connectivity index (χ3n) is 3.25. The summed E-state index contributed by atoms with van der Waals surface area (Å²) < 4.78 is 10.7. The first-order chi connectivity index (χ1) is 9.93. The van der Waals surface area contributed by atoms with Crippen molar-refractivity contribution in [2.45, 2.75) is 6.92 Å². The predicted octanol–water partition coefficient (Wildman–Crippen LogP) is 1.57. The van der Waals surface area contributed by atoms with Crippen molar-refractivity contribution in [2.24, 2.45) is 0 Å². The summed E-state index contributed by atoms with van der Waals surface area (Å²) in [5, 5.41) is 3.37. The van der Waals surface area contributed by atoms with Crippen LogP contribution in [0.25, 0.3) is 11.0 Å². The van der Waals surface area contributed by atoms with Crippen LogP contribution in [0, 0.1) is 6.92 Å². The van der Waals surface area contributed by atoms with Gasteiger partial charge in [0.15, 0.2) is 5.76 Å². The zero-order valence-corrected chi connectivity index (χ0v) is 12.5. The van der Waals surface area contributed by atoms with Gasteiger partial charge in [-0.2, -0.15) is 0 Å². The van der Waals surface area contributed by atoms with Gasteiger partial charge in [-0.15, -0.1) is 0 Å². The highest BCUT2D eigenvalue weighted by atomic mass is 16.5. The van der Waals surface area contributed by atoms with Crippen molar-refractivity contribution in [1.29, 1.82) is 0 Å². The molecule has 1 aromatic heterocycles. The molecule has 0 saturated heterocycles. The van der Waals surface area contributed by atoms with Crippen molar-refractivity contribution in [3.05, 3.63) is 29.5 Å². The Hall–Kier alpha value is -2.50. The zero-order chi connectivity index (χ0) is 15.6. The van der Waals surface area contributed by atoms with E-state index in [1.54, 1.807) is 40.3 Å². The van der Waals surface area contributed by atoms with Crippen molar-refractivity contribution >= 4 is 22.8 Å². The Morgan fingerprint density at radius 1 is 1.33 bits per heavy atom. The highest BCUT2D eigenvalue weighted by Gasteiger charge is 2.18. The molecule has 6 heteroatoms. The molecule has 0 fully saturated rings. The summed E-state index contributed by atoms with van der Waals surface area (Å²) in [6.07, 6.45) is 0. The van der Waals surface area contributed by atoms with Gasteiger partial charge in [0.25, 0.3) is 5.91 Å². The zero-order valence-electron chi connectivity index (χ0n) is 12.5. The first-order valence-electron chi connectivity index (χ1n) is 6.49. The van der Waals surface area contributed by atoms with Gasteiger partial charge in [-0.25, -0.2) is 0 Å². The molecule has 0 atom stereocenters. The molecule has 2 aromatic rings. The molecule has 0 radical (unpaired) electrons. The molecule has 112 valence electrons. The molecular weight excluding hydrogens is 272 g/mol. The van der Waals surface area contributed by atoms with Gasteiger partial charge in [0.2, 0.25) is 5.91 Å². The van der Waals surface area contributed by atoms with Crippen molar-refractivity contribution in [3.8, 4) is 5.75 Å². The fourth-order valence-electron chi connectivity index (χ4n) is 1.94. The van der Waals surface area contributed by atoms with Gasteiger partial charge in [0.1, 0.15) is 11.3 Å². The van der Waals surface area contributed by atoms with Crippen LogP contribution in [-0.4, -0.2) is 44.5 Å². The van der Waals surface area contributed by atoms with E-state index in [-0.39, 0.29) is 18.2 Å². The fraction of sp³-hybridized carbons (Fsp3) is 0.333. The average Bonchev–Trinajstić information content (AvgIpc) is 2.80. The van der Waals surface area contributed by atoms with E-state index in [0.717, 1.165) is 10.9 Å². The first-order valence-corrected chi connectivity index (χ1v) is 6.49. The number of nitrogens with zero attached hydrogens (tertiary/aromatic N) is 1. The molecule has 2 amide bonds. The molecule has 0 unspecified atom stereocenters. The Labute approximate surface area is 122 Å². The topological polar surface area (TPSA) is 71.8 Å². The minimum absolute atomic E-state index is 0.0638. The number of carbonyl (C=O) groups is 2. The van der Waals surface area contributed by atoms with Crippen LogP contribution in [0.3, 0.4) is 0 Å².